The molecule has 0 heterocycles. The van der Waals surface area contributed by atoms with Gasteiger partial charge in [-0.1, -0.05) is 90.6 Å². The summed E-state index contributed by atoms with van der Waals surface area (Å²) in [4.78, 5) is 0. The van der Waals surface area contributed by atoms with Gasteiger partial charge >= 0.3 is 0 Å². The highest BCUT2D eigenvalue weighted by Gasteiger charge is 1.95. The maximum Gasteiger partial charge on any atom is 0.0751 e. The van der Waals surface area contributed by atoms with Crippen molar-refractivity contribution in [2.45, 2.75) is 97.3 Å². The molecule has 0 unspecified atom stereocenters. The summed E-state index contributed by atoms with van der Waals surface area (Å²) in [6.07, 6.45) is 20.8. The highest BCUT2D eigenvalue weighted by Crippen LogP contribution is 2.14. The third-order valence-corrected chi connectivity index (χ3v) is 3.76. The van der Waals surface area contributed by atoms with Gasteiger partial charge in [-0.25, -0.2) is 0 Å². The molecule has 0 rings (SSSR count). The molecule has 0 aromatic heterocycles. The minimum atomic E-state index is 0.882. The summed E-state index contributed by atoms with van der Waals surface area (Å²) in [6.45, 7) is 4.64. The second-order valence-electron chi connectivity index (χ2n) is 6.25. The Hall–Kier alpha value is -0.460. The average Bonchev–Trinajstić information content (AvgIpc) is 2.39. The normalized spacial score (nSPS) is 11.7. The lowest BCUT2D eigenvalue weighted by molar-refractivity contribution is 0.469. The molecule has 1 N–H and O–H groups in total. The second kappa shape index (κ2) is 15.6. The van der Waals surface area contributed by atoms with Crippen LogP contribution < -0.4 is 0 Å². The molecule has 0 radical (unpaired) electrons. The second-order valence-corrected chi connectivity index (χ2v) is 6.25. The summed E-state index contributed by atoms with van der Waals surface area (Å²) in [7, 11) is 0. The number of aliphatic hydroxyl groups is 1. The predicted octanol–water partition coefficient (Wildman–Crippen LogP) is 6.79. The van der Waals surface area contributed by atoms with Crippen LogP contribution in [0.5, 0.6) is 0 Å². The SMILES string of the molecule is CC(C)CCCCCCCCCCCCC/C=C\O. The third-order valence-electron chi connectivity index (χ3n) is 3.76. The standard InChI is InChI=1S/C18H36O/c1-18(2)16-14-12-10-8-6-4-3-5-7-9-11-13-15-17-19/h15,17-19H,3-14,16H2,1-2H3/b17-15-. The maximum absolute atomic E-state index is 8.49. The van der Waals surface area contributed by atoms with E-state index >= 15 is 0 Å². The predicted molar refractivity (Wildman–Crippen MR) is 86.6 cm³/mol. The Morgan fingerprint density at radius 3 is 1.53 bits per heavy atom. The molecule has 0 fully saturated rings. The van der Waals surface area contributed by atoms with E-state index in [0.29, 0.717) is 0 Å². The first-order valence-corrected chi connectivity index (χ1v) is 8.56. The van der Waals surface area contributed by atoms with Gasteiger partial charge in [0.1, 0.15) is 0 Å². The smallest absolute Gasteiger partial charge is 0.0751 e. The van der Waals surface area contributed by atoms with Crippen molar-refractivity contribution in [3.63, 3.8) is 0 Å². The third kappa shape index (κ3) is 17.5. The molecule has 0 aromatic rings. The lowest BCUT2D eigenvalue weighted by atomic mass is 10.0. The number of unbranched alkanes of at least 4 members (excludes halogenated alkanes) is 11. The summed E-state index contributed by atoms with van der Waals surface area (Å²) in [5.41, 5.74) is 0. The number of allylic oxidation sites excluding steroid dienone is 1. The van der Waals surface area contributed by atoms with Gasteiger partial charge in [0, 0.05) is 0 Å². The molecule has 0 saturated heterocycles. The van der Waals surface area contributed by atoms with Gasteiger partial charge in [0.2, 0.25) is 0 Å². The first-order chi connectivity index (χ1) is 9.27. The summed E-state index contributed by atoms with van der Waals surface area (Å²) in [5, 5.41) is 8.49. The van der Waals surface area contributed by atoms with Crippen molar-refractivity contribution in [1.29, 1.82) is 0 Å². The minimum absolute atomic E-state index is 0.882. The zero-order valence-corrected chi connectivity index (χ0v) is 13.4. The van der Waals surface area contributed by atoms with E-state index in [1.165, 1.54) is 83.3 Å². The van der Waals surface area contributed by atoms with Gasteiger partial charge in [0.05, 0.1) is 6.26 Å². The summed E-state index contributed by atoms with van der Waals surface area (Å²) < 4.78 is 0. The van der Waals surface area contributed by atoms with E-state index in [1.807, 2.05) is 6.08 Å². The van der Waals surface area contributed by atoms with Crippen LogP contribution in [0.25, 0.3) is 0 Å². The van der Waals surface area contributed by atoms with E-state index in [2.05, 4.69) is 13.8 Å². The monoisotopic (exact) mass is 268 g/mol. The average molecular weight is 268 g/mol. The van der Waals surface area contributed by atoms with Crippen LogP contribution in [-0.4, -0.2) is 5.11 Å². The molecular weight excluding hydrogens is 232 g/mol. The van der Waals surface area contributed by atoms with E-state index in [0.717, 1.165) is 12.3 Å². The van der Waals surface area contributed by atoms with Gasteiger partial charge in [0.15, 0.2) is 0 Å². The van der Waals surface area contributed by atoms with Gasteiger partial charge < -0.3 is 5.11 Å². The first kappa shape index (κ1) is 18.5. The highest BCUT2D eigenvalue weighted by atomic mass is 16.2. The van der Waals surface area contributed by atoms with Crippen molar-refractivity contribution in [1.82, 2.24) is 0 Å². The van der Waals surface area contributed by atoms with Crippen molar-refractivity contribution in [2.24, 2.45) is 5.92 Å². The van der Waals surface area contributed by atoms with Crippen molar-refractivity contribution < 1.29 is 5.11 Å². The van der Waals surface area contributed by atoms with Crippen LogP contribution in [0.1, 0.15) is 97.3 Å². The Kier molecular flexibility index (Phi) is 15.2. The number of rotatable bonds is 14. The molecule has 0 bridgehead atoms. The fraction of sp³-hybridized carbons (Fsp3) is 0.889. The number of hydrogen-bond acceptors (Lipinski definition) is 1. The molecule has 0 atom stereocenters. The van der Waals surface area contributed by atoms with E-state index < -0.39 is 0 Å². The molecule has 19 heavy (non-hydrogen) atoms. The Balaban J connectivity index is 2.95. The Labute approximate surface area is 121 Å². The van der Waals surface area contributed by atoms with Gasteiger partial charge in [0.25, 0.3) is 0 Å². The zero-order valence-electron chi connectivity index (χ0n) is 13.4. The van der Waals surface area contributed by atoms with Crippen LogP contribution in [-0.2, 0) is 0 Å². The van der Waals surface area contributed by atoms with Gasteiger partial charge in [-0.3, -0.25) is 0 Å². The molecule has 0 aliphatic rings. The molecule has 0 amide bonds. The van der Waals surface area contributed by atoms with Crippen LogP contribution >= 0.6 is 0 Å². The number of hydrogen-bond donors (Lipinski definition) is 1. The van der Waals surface area contributed by atoms with Crippen LogP contribution in [0, 0.1) is 5.92 Å². The maximum atomic E-state index is 8.49. The lowest BCUT2D eigenvalue weighted by Crippen LogP contribution is -1.87. The molecule has 1 nitrogen and oxygen atoms in total. The molecule has 0 aliphatic heterocycles. The molecule has 0 aromatic carbocycles. The lowest BCUT2D eigenvalue weighted by Gasteiger charge is -2.04. The van der Waals surface area contributed by atoms with Crippen molar-refractivity contribution >= 4 is 0 Å². The zero-order chi connectivity index (χ0) is 14.2. The van der Waals surface area contributed by atoms with Crippen molar-refractivity contribution in [3.05, 3.63) is 12.3 Å². The molecular formula is C18H36O. The van der Waals surface area contributed by atoms with E-state index in [9.17, 15) is 0 Å². The minimum Gasteiger partial charge on any atom is -0.516 e. The molecule has 0 saturated carbocycles. The largest absolute Gasteiger partial charge is 0.516 e. The first-order valence-electron chi connectivity index (χ1n) is 8.56. The van der Waals surface area contributed by atoms with Crippen molar-refractivity contribution in [2.75, 3.05) is 0 Å². The fourth-order valence-corrected chi connectivity index (χ4v) is 2.48. The Bertz CT molecular complexity index is 184. The molecule has 114 valence electrons. The van der Waals surface area contributed by atoms with Crippen LogP contribution in [0.15, 0.2) is 12.3 Å². The summed E-state index contributed by atoms with van der Waals surface area (Å²) in [6, 6.07) is 0. The highest BCUT2D eigenvalue weighted by molar-refractivity contribution is 4.70. The molecule has 0 aliphatic carbocycles. The summed E-state index contributed by atoms with van der Waals surface area (Å²) >= 11 is 0. The summed E-state index contributed by atoms with van der Waals surface area (Å²) in [5.74, 6) is 0.882. The van der Waals surface area contributed by atoms with Crippen LogP contribution in [0.3, 0.4) is 0 Å². The van der Waals surface area contributed by atoms with Gasteiger partial charge in [-0.05, 0) is 18.8 Å². The van der Waals surface area contributed by atoms with Gasteiger partial charge in [-0.2, -0.15) is 0 Å². The van der Waals surface area contributed by atoms with Crippen LogP contribution in [0.4, 0.5) is 0 Å². The van der Waals surface area contributed by atoms with E-state index in [-0.39, 0.29) is 0 Å². The topological polar surface area (TPSA) is 20.2 Å². The van der Waals surface area contributed by atoms with Gasteiger partial charge in [-0.15, -0.1) is 0 Å². The number of aliphatic hydroxyl groups excluding tert-OH is 1. The quantitative estimate of drug-likeness (QED) is 0.272. The van der Waals surface area contributed by atoms with E-state index in [4.69, 9.17) is 5.11 Å². The van der Waals surface area contributed by atoms with E-state index in [1.54, 1.807) is 0 Å². The van der Waals surface area contributed by atoms with Crippen molar-refractivity contribution in [3.8, 4) is 0 Å². The fourth-order valence-electron chi connectivity index (χ4n) is 2.48. The molecule has 1 heteroatoms. The Morgan fingerprint density at radius 1 is 0.684 bits per heavy atom. The molecule has 0 spiro atoms. The Morgan fingerprint density at radius 2 is 1.11 bits per heavy atom. The van der Waals surface area contributed by atoms with Crippen LogP contribution in [0.2, 0.25) is 0 Å².